The number of rotatable bonds is 9. The Balaban J connectivity index is 1.53. The van der Waals surface area contributed by atoms with Crippen LogP contribution in [0.5, 0.6) is 0 Å². The Bertz CT molecular complexity index is 1370. The van der Waals surface area contributed by atoms with Gasteiger partial charge in [-0.25, -0.2) is 15.0 Å². The lowest BCUT2D eigenvalue weighted by Gasteiger charge is -2.15. The highest BCUT2D eigenvalue weighted by atomic mass is 79.9. The van der Waals surface area contributed by atoms with E-state index in [1.807, 2.05) is 6.07 Å². The molecule has 0 spiro atoms. The molecule has 1 saturated carbocycles. The molecule has 0 bridgehead atoms. The average molecular weight is 618 g/mol. The van der Waals surface area contributed by atoms with Gasteiger partial charge in [-0.2, -0.15) is 13.1 Å². The first-order valence-corrected chi connectivity index (χ1v) is 14.1. The quantitative estimate of drug-likeness (QED) is 0.207. The van der Waals surface area contributed by atoms with Gasteiger partial charge in [-0.05, 0) is 47.0 Å². The molecule has 0 saturated heterocycles. The largest absolute Gasteiger partial charge is 0.390 e. The molecule has 3 aromatic heterocycles. The van der Waals surface area contributed by atoms with Crippen molar-refractivity contribution >= 4 is 60.8 Å². The van der Waals surface area contributed by atoms with Crippen LogP contribution < -0.4 is 15.8 Å². The van der Waals surface area contributed by atoms with Crippen molar-refractivity contribution in [2.75, 3.05) is 12.4 Å². The van der Waals surface area contributed by atoms with E-state index in [2.05, 4.69) is 40.9 Å². The minimum absolute atomic E-state index is 0.184. The summed E-state index contributed by atoms with van der Waals surface area (Å²) in [6, 6.07) is 5.96. The summed E-state index contributed by atoms with van der Waals surface area (Å²) in [6.07, 6.45) is 1.09. The highest BCUT2D eigenvalue weighted by Crippen LogP contribution is 2.36. The Morgan fingerprint density at radius 2 is 2.17 bits per heavy atom. The number of carbonyl (C=O) groups excluding carboxylic acids is 1. The molecule has 192 valence electrons. The fourth-order valence-corrected chi connectivity index (χ4v) is 6.10. The Morgan fingerprint density at radius 1 is 1.39 bits per heavy atom. The van der Waals surface area contributed by atoms with E-state index < -0.39 is 34.6 Å². The van der Waals surface area contributed by atoms with Crippen molar-refractivity contribution < 1.29 is 22.5 Å². The van der Waals surface area contributed by atoms with Crippen molar-refractivity contribution in [2.45, 2.75) is 37.1 Å². The van der Waals surface area contributed by atoms with E-state index in [1.165, 1.54) is 19.6 Å². The van der Waals surface area contributed by atoms with E-state index in [1.54, 1.807) is 18.2 Å². The molecular weight excluding hydrogens is 596 g/mol. The predicted molar refractivity (Wildman–Crippen MR) is 138 cm³/mol. The third-order valence-electron chi connectivity index (χ3n) is 5.60. The van der Waals surface area contributed by atoms with Crippen LogP contribution in [0.25, 0.3) is 0 Å². The number of hydrogen-bond donors (Lipinski definition) is 4. The maximum Gasteiger partial charge on any atom is 0.335 e. The van der Waals surface area contributed by atoms with Gasteiger partial charge in [0.2, 0.25) is 5.78 Å². The van der Waals surface area contributed by atoms with E-state index in [9.17, 15) is 18.3 Å². The second kappa shape index (κ2) is 11.1. The summed E-state index contributed by atoms with van der Waals surface area (Å²) < 4.78 is 31.4. The number of nitrogens with two attached hydrogens (primary N) is 1. The first kappa shape index (κ1) is 27.0. The van der Waals surface area contributed by atoms with Crippen LogP contribution in [-0.2, 0) is 14.5 Å². The maximum absolute atomic E-state index is 13.4. The number of nitrogens with zero attached hydrogens (tertiary/aromatic N) is 3. The zero-order chi connectivity index (χ0) is 26.0. The Labute approximate surface area is 224 Å². The number of thiophene rings is 1. The van der Waals surface area contributed by atoms with Crippen LogP contribution in [0, 0.1) is 0 Å². The molecule has 1 aliphatic carbocycles. The second-order valence-corrected chi connectivity index (χ2v) is 12.0. The van der Waals surface area contributed by atoms with E-state index >= 15 is 0 Å². The van der Waals surface area contributed by atoms with Crippen molar-refractivity contribution in [3.8, 4) is 0 Å². The Morgan fingerprint density at radius 3 is 2.89 bits per heavy atom. The third kappa shape index (κ3) is 6.08. The molecule has 1 fully saturated rings. The van der Waals surface area contributed by atoms with Gasteiger partial charge in [0.25, 0.3) is 0 Å². The van der Waals surface area contributed by atoms with Crippen molar-refractivity contribution in [2.24, 2.45) is 5.73 Å². The number of ketones is 1. The van der Waals surface area contributed by atoms with E-state index in [0.717, 1.165) is 11.3 Å². The zero-order valence-electron chi connectivity index (χ0n) is 18.8. The van der Waals surface area contributed by atoms with E-state index in [4.69, 9.17) is 21.5 Å². The molecular formula is C21H22BrClN6O5S2. The summed E-state index contributed by atoms with van der Waals surface area (Å²) in [5.41, 5.74) is 7.71. The minimum atomic E-state index is -3.97. The lowest BCUT2D eigenvalue weighted by molar-refractivity contribution is 0.0636. The number of carbonyl (C=O) groups is 1. The van der Waals surface area contributed by atoms with Gasteiger partial charge < -0.3 is 16.2 Å². The van der Waals surface area contributed by atoms with E-state index in [0.29, 0.717) is 25.1 Å². The van der Waals surface area contributed by atoms with Crippen LogP contribution in [0.3, 0.4) is 0 Å². The van der Waals surface area contributed by atoms with Crippen LogP contribution >= 0.6 is 38.9 Å². The van der Waals surface area contributed by atoms with Gasteiger partial charge >= 0.3 is 10.3 Å². The lowest BCUT2D eigenvalue weighted by Crippen LogP contribution is -2.31. The lowest BCUT2D eigenvalue weighted by atomic mass is 10.1. The molecule has 36 heavy (non-hydrogen) atoms. The smallest absolute Gasteiger partial charge is 0.335 e. The van der Waals surface area contributed by atoms with Gasteiger partial charge in [-0.1, -0.05) is 17.7 Å². The summed E-state index contributed by atoms with van der Waals surface area (Å²) in [5.74, 6) is -0.122. The number of anilines is 1. The Kier molecular flexibility index (Phi) is 8.36. The van der Waals surface area contributed by atoms with Crippen LogP contribution in [0.15, 0.2) is 41.4 Å². The molecule has 4 rings (SSSR count). The monoisotopic (exact) mass is 616 g/mol. The molecule has 0 unspecified atom stereocenters. The standard InChI is InChI=1S/C21H22BrClN6O5S2/c1-25-36(32,33)34-15-6-10(5-14(15)30)28-21-12(8-26-9-27-21)19(31)16-7-11(20(23)35-16)18(24)13-3-2-4-17(22)29-13/h2-4,7-10,14-15,18,25,30H,5-6,24H2,1H3,(H,26,27,28)/t10-,14+,15-,18-/m1/s1. The molecule has 3 heterocycles. The summed E-state index contributed by atoms with van der Waals surface area (Å²) in [5, 5.41) is 13.4. The van der Waals surface area contributed by atoms with Crippen molar-refractivity contribution in [1.82, 2.24) is 19.7 Å². The van der Waals surface area contributed by atoms with Gasteiger partial charge in [-0.15, -0.1) is 11.3 Å². The molecule has 4 atom stereocenters. The molecule has 0 radical (unpaired) electrons. The number of nitrogens with one attached hydrogen (secondary N) is 2. The van der Waals surface area contributed by atoms with Gasteiger partial charge in [0, 0.05) is 24.8 Å². The van der Waals surface area contributed by atoms with Crippen molar-refractivity contribution in [3.05, 3.63) is 67.4 Å². The van der Waals surface area contributed by atoms with E-state index in [-0.39, 0.29) is 30.0 Å². The normalized spacial score (nSPS) is 20.9. The third-order valence-corrected chi connectivity index (χ3v) is 8.43. The summed E-state index contributed by atoms with van der Waals surface area (Å²) in [4.78, 5) is 26.2. The maximum atomic E-state index is 13.4. The molecule has 0 aliphatic heterocycles. The summed E-state index contributed by atoms with van der Waals surface area (Å²) in [6.45, 7) is 0. The molecule has 15 heteroatoms. The Hall–Kier alpha value is -2.04. The highest BCUT2D eigenvalue weighted by Gasteiger charge is 2.37. The number of aromatic nitrogens is 3. The van der Waals surface area contributed by atoms with Crippen LogP contribution in [0.1, 0.15) is 45.4 Å². The second-order valence-electron chi connectivity index (χ2n) is 7.99. The SMILES string of the molecule is CNS(=O)(=O)O[C@@H]1C[C@H](Nc2ncncc2C(=O)c2cc([C@@H](N)c3cccc(Br)n3)c(Cl)s2)C[C@@H]1O. The number of aliphatic hydroxyl groups excluding tert-OH is 1. The number of hydrogen-bond acceptors (Lipinski definition) is 11. The number of pyridine rings is 1. The van der Waals surface area contributed by atoms with Gasteiger partial charge in [0.15, 0.2) is 0 Å². The molecule has 3 aromatic rings. The minimum Gasteiger partial charge on any atom is -0.390 e. The van der Waals surface area contributed by atoms with Gasteiger partial charge in [0.05, 0.1) is 32.6 Å². The summed E-state index contributed by atoms with van der Waals surface area (Å²) >= 11 is 10.8. The van der Waals surface area contributed by atoms with Crippen LogP contribution in [0.4, 0.5) is 5.82 Å². The molecule has 0 amide bonds. The van der Waals surface area contributed by atoms with Crippen LogP contribution in [0.2, 0.25) is 4.34 Å². The molecule has 11 nitrogen and oxygen atoms in total. The topological polar surface area (TPSA) is 169 Å². The van der Waals surface area contributed by atoms with Gasteiger partial charge in [-0.3, -0.25) is 8.98 Å². The average Bonchev–Trinajstić information content (AvgIpc) is 3.40. The first-order chi connectivity index (χ1) is 17.1. The van der Waals surface area contributed by atoms with Gasteiger partial charge in [0.1, 0.15) is 22.9 Å². The summed E-state index contributed by atoms with van der Waals surface area (Å²) in [7, 11) is -2.75. The molecule has 1 aliphatic rings. The molecule has 5 N–H and O–H groups in total. The number of halogens is 2. The highest BCUT2D eigenvalue weighted by molar-refractivity contribution is 9.10. The number of aliphatic hydroxyl groups is 1. The van der Waals surface area contributed by atoms with Crippen molar-refractivity contribution in [3.63, 3.8) is 0 Å². The van der Waals surface area contributed by atoms with Crippen LogP contribution in [-0.4, -0.2) is 59.6 Å². The predicted octanol–water partition coefficient (Wildman–Crippen LogP) is 2.41. The zero-order valence-corrected chi connectivity index (χ0v) is 22.7. The fourth-order valence-electron chi connectivity index (χ4n) is 3.81. The van der Waals surface area contributed by atoms with Crippen molar-refractivity contribution in [1.29, 1.82) is 0 Å². The fraction of sp³-hybridized carbons (Fsp3) is 0.333. The first-order valence-electron chi connectivity index (χ1n) is 10.7. The molecule has 0 aromatic carbocycles.